The van der Waals surface area contributed by atoms with E-state index in [4.69, 9.17) is 17.3 Å². The molecular formula is C14H18ClF3N4. The van der Waals surface area contributed by atoms with Crippen molar-refractivity contribution in [2.45, 2.75) is 20.0 Å². The normalized spacial score (nSPS) is 9.77. The van der Waals surface area contributed by atoms with Crippen LogP contribution in [0.4, 0.5) is 24.9 Å². The first-order valence-electron chi connectivity index (χ1n) is 6.44. The van der Waals surface area contributed by atoms with Crippen molar-refractivity contribution in [1.29, 1.82) is 0 Å². The molecule has 0 bridgehead atoms. The molecule has 0 atom stereocenters. The minimum absolute atomic E-state index is 0.147. The van der Waals surface area contributed by atoms with Crippen LogP contribution in [0.2, 0.25) is 5.02 Å². The number of nitrogens with zero attached hydrogens (tertiary/aromatic N) is 2. The van der Waals surface area contributed by atoms with Gasteiger partial charge in [0.15, 0.2) is 11.5 Å². The molecule has 0 aliphatic carbocycles. The number of halogens is 4. The molecule has 122 valence electrons. The van der Waals surface area contributed by atoms with Crippen LogP contribution in [0.5, 0.6) is 0 Å². The summed E-state index contributed by atoms with van der Waals surface area (Å²) in [6.07, 6.45) is -4.64. The van der Waals surface area contributed by atoms with Gasteiger partial charge in [0.1, 0.15) is 5.02 Å². The maximum absolute atomic E-state index is 12.3. The Balaban J connectivity index is 0.000000457. The standard InChI is InChI=1S/C6H6ClF3N4.C6H6.C2H6/c1-12-4-2(7)3(6(8,9)10)13-5(11)14-4;1-2-4-6-5-3-1;1-2/h1H3,(H3,11,12,13,14);1-6H;1-2H3. The molecule has 2 aromatic rings. The third kappa shape index (κ3) is 6.62. The summed E-state index contributed by atoms with van der Waals surface area (Å²) in [6.45, 7) is 4.00. The van der Waals surface area contributed by atoms with E-state index in [1.165, 1.54) is 7.05 Å². The Labute approximate surface area is 132 Å². The van der Waals surface area contributed by atoms with Gasteiger partial charge in [0.2, 0.25) is 5.95 Å². The van der Waals surface area contributed by atoms with Crippen molar-refractivity contribution in [3.8, 4) is 0 Å². The first kappa shape index (κ1) is 20.0. The second-order valence-corrected chi connectivity index (χ2v) is 3.87. The number of alkyl halides is 3. The van der Waals surface area contributed by atoms with Crippen LogP contribution < -0.4 is 11.1 Å². The number of hydrogen-bond acceptors (Lipinski definition) is 4. The molecule has 0 aliphatic heterocycles. The van der Waals surface area contributed by atoms with E-state index in [2.05, 4.69) is 15.3 Å². The molecule has 2 rings (SSSR count). The lowest BCUT2D eigenvalue weighted by atomic mass is 10.3. The summed E-state index contributed by atoms with van der Waals surface area (Å²) in [7, 11) is 1.38. The van der Waals surface area contributed by atoms with Crippen LogP contribution in [0.1, 0.15) is 19.5 Å². The summed E-state index contributed by atoms with van der Waals surface area (Å²) < 4.78 is 36.9. The second kappa shape index (κ2) is 9.83. The minimum atomic E-state index is -4.64. The van der Waals surface area contributed by atoms with Gasteiger partial charge >= 0.3 is 6.18 Å². The molecule has 8 heteroatoms. The molecule has 1 aromatic heterocycles. The number of nitrogens with one attached hydrogen (secondary N) is 1. The average Bonchev–Trinajstić information content (AvgIpc) is 2.52. The molecule has 0 saturated heterocycles. The van der Waals surface area contributed by atoms with Gasteiger partial charge in [0, 0.05) is 7.05 Å². The fraction of sp³-hybridized carbons (Fsp3) is 0.286. The van der Waals surface area contributed by atoms with Crippen LogP contribution >= 0.6 is 11.6 Å². The number of hydrogen-bond donors (Lipinski definition) is 2. The van der Waals surface area contributed by atoms with E-state index in [0.717, 1.165) is 0 Å². The van der Waals surface area contributed by atoms with Crippen LogP contribution in [0.3, 0.4) is 0 Å². The largest absolute Gasteiger partial charge is 0.435 e. The summed E-state index contributed by atoms with van der Waals surface area (Å²) in [4.78, 5) is 6.51. The van der Waals surface area contributed by atoms with Crippen LogP contribution in [0.15, 0.2) is 36.4 Å². The first-order valence-corrected chi connectivity index (χ1v) is 6.82. The summed E-state index contributed by atoms with van der Waals surface area (Å²) >= 11 is 5.40. The maximum Gasteiger partial charge on any atom is 0.435 e. The van der Waals surface area contributed by atoms with Gasteiger partial charge in [0.25, 0.3) is 0 Å². The van der Waals surface area contributed by atoms with Gasteiger partial charge in [-0.15, -0.1) is 0 Å². The molecule has 0 radical (unpaired) electrons. The second-order valence-electron chi connectivity index (χ2n) is 3.50. The Morgan fingerprint density at radius 3 is 1.73 bits per heavy atom. The molecule has 0 aliphatic rings. The zero-order valence-corrected chi connectivity index (χ0v) is 13.2. The van der Waals surface area contributed by atoms with Crippen molar-refractivity contribution in [2.24, 2.45) is 0 Å². The van der Waals surface area contributed by atoms with Crippen LogP contribution in [0, 0.1) is 0 Å². The topological polar surface area (TPSA) is 63.8 Å². The van der Waals surface area contributed by atoms with Crippen molar-refractivity contribution in [1.82, 2.24) is 9.97 Å². The minimum Gasteiger partial charge on any atom is -0.372 e. The lowest BCUT2D eigenvalue weighted by Crippen LogP contribution is -2.13. The van der Waals surface area contributed by atoms with E-state index in [1.54, 1.807) is 0 Å². The third-order valence-electron chi connectivity index (χ3n) is 2.04. The molecule has 0 unspecified atom stereocenters. The van der Waals surface area contributed by atoms with Crippen LogP contribution in [0.25, 0.3) is 0 Å². The molecule has 0 amide bonds. The van der Waals surface area contributed by atoms with E-state index in [-0.39, 0.29) is 5.82 Å². The monoisotopic (exact) mass is 334 g/mol. The van der Waals surface area contributed by atoms with Gasteiger partial charge in [-0.2, -0.15) is 18.2 Å². The number of nitrogen functional groups attached to an aromatic ring is 1. The van der Waals surface area contributed by atoms with E-state index < -0.39 is 22.8 Å². The fourth-order valence-electron chi connectivity index (χ4n) is 1.20. The number of anilines is 2. The molecule has 0 fully saturated rings. The molecule has 22 heavy (non-hydrogen) atoms. The molecule has 1 aromatic carbocycles. The predicted octanol–water partition coefficient (Wildman–Crippen LogP) is 4.49. The summed E-state index contributed by atoms with van der Waals surface area (Å²) in [5.74, 6) is -0.627. The highest BCUT2D eigenvalue weighted by Gasteiger charge is 2.37. The highest BCUT2D eigenvalue weighted by atomic mass is 35.5. The first-order chi connectivity index (χ1) is 10.4. The summed E-state index contributed by atoms with van der Waals surface area (Å²) in [5.41, 5.74) is 3.84. The van der Waals surface area contributed by atoms with Crippen molar-refractivity contribution in [3.05, 3.63) is 47.1 Å². The quantitative estimate of drug-likeness (QED) is 0.806. The summed E-state index contributed by atoms with van der Waals surface area (Å²) in [6, 6.07) is 12.0. The maximum atomic E-state index is 12.3. The van der Waals surface area contributed by atoms with Gasteiger partial charge in [-0.25, -0.2) is 4.98 Å². The Morgan fingerprint density at radius 2 is 1.41 bits per heavy atom. The van der Waals surface area contributed by atoms with E-state index in [9.17, 15) is 13.2 Å². The molecule has 3 N–H and O–H groups in total. The lowest BCUT2D eigenvalue weighted by molar-refractivity contribution is -0.141. The number of nitrogens with two attached hydrogens (primary N) is 1. The molecule has 4 nitrogen and oxygen atoms in total. The van der Waals surface area contributed by atoms with Gasteiger partial charge in [0.05, 0.1) is 0 Å². The van der Waals surface area contributed by atoms with Crippen molar-refractivity contribution in [3.63, 3.8) is 0 Å². The SMILES string of the molecule is CC.CNc1nc(N)nc(C(F)(F)F)c1Cl.c1ccccc1. The molecule has 0 saturated carbocycles. The van der Waals surface area contributed by atoms with Crippen molar-refractivity contribution >= 4 is 23.4 Å². The van der Waals surface area contributed by atoms with E-state index >= 15 is 0 Å². The van der Waals surface area contributed by atoms with Gasteiger partial charge < -0.3 is 11.1 Å². The summed E-state index contributed by atoms with van der Waals surface area (Å²) in [5, 5.41) is 1.80. The Kier molecular flexibility index (Phi) is 8.93. The van der Waals surface area contributed by atoms with Crippen LogP contribution in [-0.4, -0.2) is 17.0 Å². The third-order valence-corrected chi connectivity index (χ3v) is 2.40. The Morgan fingerprint density at radius 1 is 1.00 bits per heavy atom. The molecule has 1 heterocycles. The highest BCUT2D eigenvalue weighted by molar-refractivity contribution is 6.33. The van der Waals surface area contributed by atoms with Crippen molar-refractivity contribution in [2.75, 3.05) is 18.1 Å². The molecular weight excluding hydrogens is 317 g/mol. The predicted molar refractivity (Wildman–Crippen MR) is 83.8 cm³/mol. The highest BCUT2D eigenvalue weighted by Crippen LogP contribution is 2.36. The Hall–Kier alpha value is -2.02. The smallest absolute Gasteiger partial charge is 0.372 e. The van der Waals surface area contributed by atoms with Gasteiger partial charge in [-0.05, 0) is 0 Å². The number of rotatable bonds is 1. The van der Waals surface area contributed by atoms with E-state index in [1.807, 2.05) is 50.2 Å². The number of aromatic nitrogens is 2. The van der Waals surface area contributed by atoms with Crippen molar-refractivity contribution < 1.29 is 13.2 Å². The average molecular weight is 335 g/mol. The fourth-order valence-corrected chi connectivity index (χ4v) is 1.49. The number of benzene rings is 1. The van der Waals surface area contributed by atoms with Gasteiger partial charge in [-0.1, -0.05) is 61.8 Å². The molecule has 0 spiro atoms. The van der Waals surface area contributed by atoms with E-state index in [0.29, 0.717) is 0 Å². The zero-order chi connectivity index (χ0) is 17.2. The Bertz CT molecular complexity index is 521. The van der Waals surface area contributed by atoms with Gasteiger partial charge in [-0.3, -0.25) is 0 Å². The lowest BCUT2D eigenvalue weighted by Gasteiger charge is -2.10. The zero-order valence-electron chi connectivity index (χ0n) is 12.4. The van der Waals surface area contributed by atoms with Crippen LogP contribution in [-0.2, 0) is 6.18 Å².